The number of hydrogen-bond donors (Lipinski definition) is 0. The highest BCUT2D eigenvalue weighted by Crippen LogP contribution is 2.43. The minimum atomic E-state index is 1.07. The maximum atomic E-state index is 2.43. The molecule has 13 aromatic rings. The zero-order valence-electron chi connectivity index (χ0n) is 35.5. The largest absolute Gasteiger partial charge is 0.310 e. The Morgan fingerprint density at radius 2 is 0.785 bits per heavy atom. The van der Waals surface area contributed by atoms with Gasteiger partial charge in [0.15, 0.2) is 0 Å². The molecule has 2 aromatic heterocycles. The first kappa shape index (κ1) is 36.9. The first-order valence-corrected chi connectivity index (χ1v) is 22.3. The van der Waals surface area contributed by atoms with Crippen molar-refractivity contribution in [3.63, 3.8) is 0 Å². The lowest BCUT2D eigenvalue weighted by Crippen LogP contribution is -2.10. The molecule has 0 radical (unpaired) electrons. The van der Waals surface area contributed by atoms with E-state index in [4.69, 9.17) is 0 Å². The van der Waals surface area contributed by atoms with Gasteiger partial charge in [-0.25, -0.2) is 0 Å². The first-order valence-electron chi connectivity index (χ1n) is 22.3. The summed E-state index contributed by atoms with van der Waals surface area (Å²) in [4.78, 5) is 2.41. The van der Waals surface area contributed by atoms with E-state index in [2.05, 4.69) is 263 Å². The van der Waals surface area contributed by atoms with Gasteiger partial charge in [0.2, 0.25) is 0 Å². The van der Waals surface area contributed by atoms with Crippen molar-refractivity contribution in [1.82, 2.24) is 9.13 Å². The molecule has 0 bridgehead atoms. The van der Waals surface area contributed by atoms with Crippen LogP contribution in [0.3, 0.4) is 0 Å². The molecule has 0 saturated heterocycles. The molecule has 0 unspecified atom stereocenters. The summed E-state index contributed by atoms with van der Waals surface area (Å²) in [5, 5.41) is 10.0. The molecule has 0 fully saturated rings. The summed E-state index contributed by atoms with van der Waals surface area (Å²) in [5.41, 5.74) is 15.0. The average Bonchev–Trinajstić information content (AvgIpc) is 3.90. The van der Waals surface area contributed by atoms with E-state index < -0.39 is 0 Å². The van der Waals surface area contributed by atoms with Gasteiger partial charge in [-0.3, -0.25) is 0 Å². The van der Waals surface area contributed by atoms with E-state index in [-0.39, 0.29) is 0 Å². The second-order valence-electron chi connectivity index (χ2n) is 16.9. The lowest BCUT2D eigenvalue weighted by molar-refractivity contribution is 1.17. The molecule has 3 heteroatoms. The number of fused-ring (bicyclic) bond motifs is 9. The van der Waals surface area contributed by atoms with Crippen LogP contribution in [0, 0.1) is 0 Å². The first-order chi connectivity index (χ1) is 32.3. The van der Waals surface area contributed by atoms with Crippen LogP contribution in [0.1, 0.15) is 0 Å². The zero-order chi connectivity index (χ0) is 42.8. The summed E-state index contributed by atoms with van der Waals surface area (Å²) in [5.74, 6) is 0. The molecular weight excluding hydrogens is 787 g/mol. The van der Waals surface area contributed by atoms with Crippen LogP contribution in [-0.2, 0) is 0 Å². The van der Waals surface area contributed by atoms with Gasteiger partial charge in [-0.2, -0.15) is 0 Å². The van der Waals surface area contributed by atoms with E-state index in [1.165, 1.54) is 81.8 Å². The second-order valence-corrected chi connectivity index (χ2v) is 16.9. The van der Waals surface area contributed by atoms with E-state index in [0.717, 1.165) is 34.0 Å². The fourth-order valence-corrected chi connectivity index (χ4v) is 10.4. The minimum Gasteiger partial charge on any atom is -0.310 e. The van der Waals surface area contributed by atoms with Crippen molar-refractivity contribution in [3.8, 4) is 33.6 Å². The normalized spacial score (nSPS) is 11.7. The number of anilines is 3. The number of nitrogens with zero attached hydrogens (tertiary/aromatic N) is 3. The van der Waals surface area contributed by atoms with Gasteiger partial charge in [0.05, 0.1) is 22.1 Å². The highest BCUT2D eigenvalue weighted by atomic mass is 15.1. The van der Waals surface area contributed by atoms with Crippen LogP contribution < -0.4 is 4.90 Å². The van der Waals surface area contributed by atoms with E-state index in [1.807, 2.05) is 0 Å². The zero-order valence-corrected chi connectivity index (χ0v) is 35.5. The van der Waals surface area contributed by atoms with Gasteiger partial charge in [0.25, 0.3) is 0 Å². The third-order valence-electron chi connectivity index (χ3n) is 13.3. The third kappa shape index (κ3) is 5.97. The topological polar surface area (TPSA) is 13.1 Å². The van der Waals surface area contributed by atoms with E-state index >= 15 is 0 Å². The Bertz CT molecular complexity index is 3900. The molecule has 0 saturated carbocycles. The Kier molecular flexibility index (Phi) is 8.53. The number of hydrogen-bond acceptors (Lipinski definition) is 1. The summed E-state index contributed by atoms with van der Waals surface area (Å²) in [6.07, 6.45) is 0. The SMILES string of the molecule is c1ccc(-n2c3ccccc3c3cccc(-c4cccc(N(c5ccc(-c6cc7ccccc7c7ccccc67)cc5)c5cccc(-n6c7ccccc7c7ccccc76)c5)c4)c32)cc1. The molecule has 3 nitrogen and oxygen atoms in total. The van der Waals surface area contributed by atoms with Gasteiger partial charge in [-0.15, -0.1) is 0 Å². The Morgan fingerprint density at radius 3 is 1.51 bits per heavy atom. The van der Waals surface area contributed by atoms with Crippen molar-refractivity contribution in [2.75, 3.05) is 4.90 Å². The molecule has 0 amide bonds. The van der Waals surface area contributed by atoms with E-state index in [1.54, 1.807) is 0 Å². The minimum absolute atomic E-state index is 1.07. The van der Waals surface area contributed by atoms with Crippen LogP contribution in [0.2, 0.25) is 0 Å². The monoisotopic (exact) mass is 827 g/mol. The maximum absolute atomic E-state index is 2.43. The molecule has 11 aromatic carbocycles. The molecule has 0 aliphatic rings. The predicted octanol–water partition coefficient (Wildman–Crippen LogP) is 17.0. The Hall–Kier alpha value is -8.66. The molecule has 304 valence electrons. The van der Waals surface area contributed by atoms with Gasteiger partial charge in [-0.1, -0.05) is 170 Å². The number of rotatable bonds is 7. The highest BCUT2D eigenvalue weighted by Gasteiger charge is 2.20. The van der Waals surface area contributed by atoms with Crippen molar-refractivity contribution in [2.24, 2.45) is 0 Å². The fourth-order valence-electron chi connectivity index (χ4n) is 10.4. The standard InChI is InChI=1S/C62H41N3/c1-2-19-45(20-3-1)65-61-34-13-10-29-56(61)57-31-16-30-51(62(57)65)43-18-14-21-47(39-43)63(48-22-15-23-49(41-48)64-59-32-11-8-27-54(59)55-28-9-12-33-60(55)64)46-37-35-42(36-38-46)58-40-44-17-4-5-24-50(44)52-25-6-7-26-53(52)58/h1-41H. The number of aromatic nitrogens is 2. The molecule has 13 rings (SSSR count). The summed E-state index contributed by atoms with van der Waals surface area (Å²) in [6, 6.07) is 90.8. The van der Waals surface area contributed by atoms with Crippen molar-refractivity contribution in [3.05, 3.63) is 249 Å². The van der Waals surface area contributed by atoms with Gasteiger partial charge < -0.3 is 14.0 Å². The van der Waals surface area contributed by atoms with Crippen LogP contribution >= 0.6 is 0 Å². The smallest absolute Gasteiger partial charge is 0.0619 e. The molecule has 0 N–H and O–H groups in total. The molecule has 65 heavy (non-hydrogen) atoms. The van der Waals surface area contributed by atoms with Crippen LogP contribution in [0.5, 0.6) is 0 Å². The molecule has 0 aliphatic carbocycles. The lowest BCUT2D eigenvalue weighted by atomic mass is 9.93. The number of benzene rings is 11. The number of para-hydroxylation sites is 5. The van der Waals surface area contributed by atoms with Crippen LogP contribution in [-0.4, -0.2) is 9.13 Å². The fraction of sp³-hybridized carbons (Fsp3) is 0. The Balaban J connectivity index is 1.01. The van der Waals surface area contributed by atoms with Crippen molar-refractivity contribution in [2.45, 2.75) is 0 Å². The molecule has 2 heterocycles. The third-order valence-corrected chi connectivity index (χ3v) is 13.3. The molecule has 0 aliphatic heterocycles. The predicted molar refractivity (Wildman–Crippen MR) is 276 cm³/mol. The molecular formula is C62H41N3. The second kappa shape index (κ2) is 15.0. The average molecular weight is 828 g/mol. The summed E-state index contributed by atoms with van der Waals surface area (Å²) < 4.78 is 4.83. The quantitative estimate of drug-likeness (QED) is 0.146. The van der Waals surface area contributed by atoms with Gasteiger partial charge >= 0.3 is 0 Å². The summed E-state index contributed by atoms with van der Waals surface area (Å²) in [7, 11) is 0. The lowest BCUT2D eigenvalue weighted by Gasteiger charge is -2.27. The van der Waals surface area contributed by atoms with Crippen LogP contribution in [0.15, 0.2) is 249 Å². The maximum Gasteiger partial charge on any atom is 0.0619 e. The van der Waals surface area contributed by atoms with E-state index in [0.29, 0.717) is 0 Å². The van der Waals surface area contributed by atoms with E-state index in [9.17, 15) is 0 Å². The van der Waals surface area contributed by atoms with Gasteiger partial charge in [0, 0.05) is 55.5 Å². The van der Waals surface area contributed by atoms with Crippen molar-refractivity contribution >= 4 is 82.2 Å². The summed E-state index contributed by atoms with van der Waals surface area (Å²) >= 11 is 0. The van der Waals surface area contributed by atoms with Crippen molar-refractivity contribution < 1.29 is 0 Å². The Morgan fingerprint density at radius 1 is 0.262 bits per heavy atom. The molecule has 0 atom stereocenters. The molecule has 0 spiro atoms. The van der Waals surface area contributed by atoms with Crippen molar-refractivity contribution in [1.29, 1.82) is 0 Å². The summed E-state index contributed by atoms with van der Waals surface area (Å²) in [6.45, 7) is 0. The van der Waals surface area contributed by atoms with Gasteiger partial charge in [-0.05, 0) is 117 Å². The van der Waals surface area contributed by atoms with Gasteiger partial charge in [0.1, 0.15) is 0 Å². The van der Waals surface area contributed by atoms with Crippen LogP contribution in [0.4, 0.5) is 17.1 Å². The highest BCUT2D eigenvalue weighted by molar-refractivity contribution is 6.15. The Labute approximate surface area is 376 Å². The van der Waals surface area contributed by atoms with Crippen LogP contribution in [0.25, 0.3) is 98.8 Å².